The molecule has 1 rings (SSSR count). The SMILES string of the molecule is N#CN=C(N)NC(=O)/C=C/C=C\c1ccc(Cl)cc1. The minimum atomic E-state index is -0.461. The number of nitrogens with one attached hydrogen (secondary N) is 1. The lowest BCUT2D eigenvalue weighted by Crippen LogP contribution is -2.35. The van der Waals surface area contributed by atoms with Crippen molar-refractivity contribution in [3.63, 3.8) is 0 Å². The first-order valence-electron chi connectivity index (χ1n) is 5.25. The van der Waals surface area contributed by atoms with Gasteiger partial charge in [0, 0.05) is 11.1 Å². The molecule has 0 saturated carbocycles. The first kappa shape index (κ1) is 14.5. The number of nitrogens with two attached hydrogens (primary N) is 1. The van der Waals surface area contributed by atoms with Crippen LogP contribution in [0.3, 0.4) is 0 Å². The molecule has 1 aromatic rings. The summed E-state index contributed by atoms with van der Waals surface area (Å²) in [5.74, 6) is -0.698. The van der Waals surface area contributed by atoms with Crippen molar-refractivity contribution < 1.29 is 4.79 Å². The number of nitrogens with zero attached hydrogens (tertiary/aromatic N) is 2. The topological polar surface area (TPSA) is 91.3 Å². The van der Waals surface area contributed by atoms with Crippen LogP contribution in [0.25, 0.3) is 6.08 Å². The van der Waals surface area contributed by atoms with Crippen molar-refractivity contribution in [3.8, 4) is 6.19 Å². The molecule has 0 spiro atoms. The number of amides is 1. The highest BCUT2D eigenvalue weighted by Crippen LogP contribution is 2.10. The molecule has 6 heteroatoms. The second kappa shape index (κ2) is 7.69. The summed E-state index contributed by atoms with van der Waals surface area (Å²) in [7, 11) is 0. The number of carbonyl (C=O) groups is 1. The van der Waals surface area contributed by atoms with Crippen LogP contribution in [-0.2, 0) is 4.79 Å². The summed E-state index contributed by atoms with van der Waals surface area (Å²) < 4.78 is 0. The van der Waals surface area contributed by atoms with Crippen LogP contribution >= 0.6 is 11.6 Å². The van der Waals surface area contributed by atoms with Gasteiger partial charge in [0.05, 0.1) is 0 Å². The van der Waals surface area contributed by atoms with Crippen molar-refractivity contribution in [2.75, 3.05) is 0 Å². The molecular weight excluding hydrogens is 264 g/mol. The molecule has 0 aliphatic carbocycles. The third kappa shape index (κ3) is 6.05. The molecule has 0 bridgehead atoms. The van der Waals surface area contributed by atoms with Crippen LogP contribution in [0.2, 0.25) is 5.02 Å². The lowest BCUT2D eigenvalue weighted by molar-refractivity contribution is -0.115. The van der Waals surface area contributed by atoms with Crippen molar-refractivity contribution in [1.29, 1.82) is 5.26 Å². The van der Waals surface area contributed by atoms with Gasteiger partial charge in [-0.1, -0.05) is 42.0 Å². The monoisotopic (exact) mass is 274 g/mol. The highest BCUT2D eigenvalue weighted by molar-refractivity contribution is 6.30. The molecule has 0 radical (unpaired) electrons. The van der Waals surface area contributed by atoms with Gasteiger partial charge in [-0.15, -0.1) is 4.99 Å². The maximum absolute atomic E-state index is 11.3. The summed E-state index contributed by atoms with van der Waals surface area (Å²) in [4.78, 5) is 14.4. The second-order valence-electron chi connectivity index (χ2n) is 3.36. The molecule has 0 heterocycles. The zero-order valence-electron chi connectivity index (χ0n) is 9.88. The predicted molar refractivity (Wildman–Crippen MR) is 75.0 cm³/mol. The van der Waals surface area contributed by atoms with Gasteiger partial charge in [-0.3, -0.25) is 10.1 Å². The molecule has 1 aromatic carbocycles. The van der Waals surface area contributed by atoms with E-state index in [9.17, 15) is 4.79 Å². The van der Waals surface area contributed by atoms with Gasteiger partial charge in [0.1, 0.15) is 0 Å². The predicted octanol–water partition coefficient (Wildman–Crippen LogP) is 1.82. The quantitative estimate of drug-likeness (QED) is 0.290. The fraction of sp³-hybridized carbons (Fsp3) is 0. The van der Waals surface area contributed by atoms with Crippen molar-refractivity contribution >= 4 is 29.5 Å². The lowest BCUT2D eigenvalue weighted by Gasteiger charge is -1.96. The summed E-state index contributed by atoms with van der Waals surface area (Å²) in [5.41, 5.74) is 6.18. The van der Waals surface area contributed by atoms with Gasteiger partial charge in [0.25, 0.3) is 5.91 Å². The zero-order chi connectivity index (χ0) is 14.1. The van der Waals surface area contributed by atoms with E-state index in [-0.39, 0.29) is 5.96 Å². The molecule has 0 fully saturated rings. The number of aliphatic imine (C=N–C) groups is 1. The third-order valence-electron chi connectivity index (χ3n) is 1.94. The van der Waals surface area contributed by atoms with E-state index < -0.39 is 5.91 Å². The van der Waals surface area contributed by atoms with E-state index in [0.717, 1.165) is 5.56 Å². The standard InChI is InChI=1S/C13H11ClN4O/c14-11-7-5-10(6-8-11)3-1-2-4-12(19)18-13(16)17-9-15/h1-8H,(H3,16,17,18,19)/b3-1-,4-2+. The van der Waals surface area contributed by atoms with E-state index in [0.29, 0.717) is 5.02 Å². The van der Waals surface area contributed by atoms with Gasteiger partial charge in [-0.25, -0.2) is 0 Å². The van der Waals surface area contributed by atoms with Crippen LogP contribution in [0.5, 0.6) is 0 Å². The normalized spacial score (nSPS) is 11.7. The fourth-order valence-corrected chi connectivity index (χ4v) is 1.26. The van der Waals surface area contributed by atoms with E-state index in [1.165, 1.54) is 12.3 Å². The number of allylic oxidation sites excluding steroid dienone is 2. The first-order chi connectivity index (χ1) is 9.11. The third-order valence-corrected chi connectivity index (χ3v) is 2.19. The number of hydrogen-bond acceptors (Lipinski definition) is 3. The number of guanidine groups is 1. The highest BCUT2D eigenvalue weighted by atomic mass is 35.5. The Hall–Kier alpha value is -2.58. The zero-order valence-corrected chi connectivity index (χ0v) is 10.6. The molecule has 0 unspecified atom stereocenters. The van der Waals surface area contributed by atoms with Gasteiger partial charge in [0.2, 0.25) is 12.2 Å². The largest absolute Gasteiger partial charge is 0.369 e. The van der Waals surface area contributed by atoms with Crippen LogP contribution in [0.15, 0.2) is 47.5 Å². The van der Waals surface area contributed by atoms with Gasteiger partial charge in [-0.05, 0) is 17.7 Å². The van der Waals surface area contributed by atoms with Gasteiger partial charge in [-0.2, -0.15) is 5.26 Å². The van der Waals surface area contributed by atoms with Crippen molar-refractivity contribution in [3.05, 3.63) is 53.1 Å². The Bertz CT molecular complexity index is 567. The fourth-order valence-electron chi connectivity index (χ4n) is 1.13. The summed E-state index contributed by atoms with van der Waals surface area (Å²) in [5, 5.41) is 11.1. The molecule has 1 amide bonds. The van der Waals surface area contributed by atoms with Crippen molar-refractivity contribution in [2.45, 2.75) is 0 Å². The molecule has 3 N–H and O–H groups in total. The summed E-state index contributed by atoms with van der Waals surface area (Å²) >= 11 is 5.75. The van der Waals surface area contributed by atoms with Crippen LogP contribution < -0.4 is 11.1 Å². The minimum Gasteiger partial charge on any atom is -0.369 e. The Morgan fingerprint density at radius 3 is 2.68 bits per heavy atom. The van der Waals surface area contributed by atoms with Crippen LogP contribution in [0.4, 0.5) is 0 Å². The molecule has 5 nitrogen and oxygen atoms in total. The molecule has 0 aromatic heterocycles. The summed E-state index contributed by atoms with van der Waals surface area (Å²) in [6, 6.07) is 7.25. The number of halogens is 1. The maximum atomic E-state index is 11.3. The molecule has 0 atom stereocenters. The molecule has 19 heavy (non-hydrogen) atoms. The van der Waals surface area contributed by atoms with E-state index >= 15 is 0 Å². The maximum Gasteiger partial charge on any atom is 0.250 e. The number of rotatable bonds is 3. The van der Waals surface area contributed by atoms with Crippen molar-refractivity contribution in [2.24, 2.45) is 10.7 Å². The van der Waals surface area contributed by atoms with Crippen LogP contribution in [0, 0.1) is 11.5 Å². The summed E-state index contributed by atoms with van der Waals surface area (Å²) in [6.07, 6.45) is 7.79. The first-order valence-corrected chi connectivity index (χ1v) is 5.63. The van der Waals surface area contributed by atoms with Gasteiger partial charge < -0.3 is 5.73 Å². The van der Waals surface area contributed by atoms with E-state index in [1.807, 2.05) is 18.2 Å². The Kier molecular flexibility index (Phi) is 5.86. The van der Waals surface area contributed by atoms with Gasteiger partial charge in [0.15, 0.2) is 0 Å². The highest BCUT2D eigenvalue weighted by Gasteiger charge is 1.96. The summed E-state index contributed by atoms with van der Waals surface area (Å²) in [6.45, 7) is 0. The second-order valence-corrected chi connectivity index (χ2v) is 3.79. The van der Waals surface area contributed by atoms with E-state index in [2.05, 4.69) is 10.3 Å². The average Bonchev–Trinajstić information content (AvgIpc) is 2.37. The molecule has 0 saturated heterocycles. The smallest absolute Gasteiger partial charge is 0.250 e. The molecule has 0 aliphatic rings. The van der Waals surface area contributed by atoms with E-state index in [1.54, 1.807) is 24.3 Å². The van der Waals surface area contributed by atoms with Crippen LogP contribution in [0.1, 0.15) is 5.56 Å². The van der Waals surface area contributed by atoms with E-state index in [4.69, 9.17) is 22.6 Å². The Morgan fingerprint density at radius 2 is 2.05 bits per heavy atom. The van der Waals surface area contributed by atoms with Crippen LogP contribution in [-0.4, -0.2) is 11.9 Å². The number of benzene rings is 1. The molecule has 0 aliphatic heterocycles. The number of hydrogen-bond donors (Lipinski definition) is 2. The number of carbonyl (C=O) groups excluding carboxylic acids is 1. The minimum absolute atomic E-state index is 0.237. The Morgan fingerprint density at radius 1 is 1.37 bits per heavy atom. The van der Waals surface area contributed by atoms with Gasteiger partial charge >= 0.3 is 0 Å². The Balaban J connectivity index is 2.50. The Labute approximate surface area is 115 Å². The molecule has 96 valence electrons. The number of nitriles is 1. The average molecular weight is 275 g/mol. The van der Waals surface area contributed by atoms with Crippen molar-refractivity contribution in [1.82, 2.24) is 5.32 Å². The molecular formula is C13H11ClN4O. The lowest BCUT2D eigenvalue weighted by atomic mass is 10.2.